The summed E-state index contributed by atoms with van der Waals surface area (Å²) in [6, 6.07) is 3.42. The molecule has 1 aromatic heterocycles. The molecule has 1 saturated carbocycles. The fraction of sp³-hybridized carbons (Fsp3) is 0.500. The molecule has 1 N–H and O–H groups in total. The second-order valence-corrected chi connectivity index (χ2v) is 3.43. The molecule has 1 fully saturated rings. The molecule has 3 heteroatoms. The fourth-order valence-corrected chi connectivity index (χ4v) is 1.83. The number of aliphatic hydroxyl groups excluding tert-OH is 1. The number of carbonyl (C=O) groups is 1. The van der Waals surface area contributed by atoms with Crippen molar-refractivity contribution in [2.75, 3.05) is 0 Å². The van der Waals surface area contributed by atoms with Crippen LogP contribution in [-0.2, 0) is 4.79 Å². The molecule has 0 bridgehead atoms. The second kappa shape index (κ2) is 3.34. The summed E-state index contributed by atoms with van der Waals surface area (Å²) >= 11 is 0. The van der Waals surface area contributed by atoms with Gasteiger partial charge in [0.15, 0.2) is 0 Å². The Kier molecular flexibility index (Phi) is 2.19. The molecular weight excluding hydrogens is 168 g/mol. The molecule has 0 radical (unpaired) electrons. The Bertz CT molecular complexity index is 289. The van der Waals surface area contributed by atoms with Gasteiger partial charge in [-0.1, -0.05) is 0 Å². The van der Waals surface area contributed by atoms with Gasteiger partial charge in [-0.05, 0) is 25.0 Å². The molecule has 1 aliphatic carbocycles. The van der Waals surface area contributed by atoms with Gasteiger partial charge in [0.25, 0.3) is 0 Å². The van der Waals surface area contributed by atoms with E-state index in [2.05, 4.69) is 0 Å². The number of rotatable bonds is 2. The van der Waals surface area contributed by atoms with Crippen LogP contribution in [0.25, 0.3) is 0 Å². The zero-order chi connectivity index (χ0) is 9.26. The standard InChI is InChI=1S/C10H12O3/c11-8-4-1-3-7(8)10(12)9-5-2-6-13-9/h2,5-7,10,12H,1,3-4H2. The summed E-state index contributed by atoms with van der Waals surface area (Å²) < 4.78 is 5.05. The van der Waals surface area contributed by atoms with Crippen LogP contribution < -0.4 is 0 Å². The van der Waals surface area contributed by atoms with Crippen LogP contribution in [0.4, 0.5) is 0 Å². The van der Waals surface area contributed by atoms with E-state index in [0.717, 1.165) is 12.8 Å². The minimum Gasteiger partial charge on any atom is -0.467 e. The highest BCUT2D eigenvalue weighted by Crippen LogP contribution is 2.33. The monoisotopic (exact) mass is 180 g/mol. The molecule has 0 saturated heterocycles. The molecule has 1 aromatic rings. The predicted molar refractivity (Wildman–Crippen MR) is 46.0 cm³/mol. The van der Waals surface area contributed by atoms with Crippen LogP contribution in [0.15, 0.2) is 22.8 Å². The van der Waals surface area contributed by atoms with E-state index in [1.807, 2.05) is 0 Å². The van der Waals surface area contributed by atoms with Crippen molar-refractivity contribution in [3.63, 3.8) is 0 Å². The van der Waals surface area contributed by atoms with Crippen molar-refractivity contribution in [1.82, 2.24) is 0 Å². The minimum atomic E-state index is -0.745. The highest BCUT2D eigenvalue weighted by Gasteiger charge is 2.32. The molecule has 3 nitrogen and oxygen atoms in total. The Morgan fingerprint density at radius 3 is 3.00 bits per heavy atom. The number of carbonyl (C=O) groups excluding carboxylic acids is 1. The smallest absolute Gasteiger partial charge is 0.139 e. The Morgan fingerprint density at radius 2 is 2.46 bits per heavy atom. The van der Waals surface area contributed by atoms with E-state index in [9.17, 15) is 9.90 Å². The van der Waals surface area contributed by atoms with E-state index in [4.69, 9.17) is 4.42 Å². The molecule has 13 heavy (non-hydrogen) atoms. The van der Waals surface area contributed by atoms with Crippen LogP contribution in [0.5, 0.6) is 0 Å². The maximum atomic E-state index is 11.3. The molecule has 2 unspecified atom stereocenters. The first-order valence-corrected chi connectivity index (χ1v) is 4.53. The lowest BCUT2D eigenvalue weighted by Crippen LogP contribution is -2.16. The maximum absolute atomic E-state index is 11.3. The highest BCUT2D eigenvalue weighted by molar-refractivity contribution is 5.83. The van der Waals surface area contributed by atoms with Gasteiger partial charge in [0, 0.05) is 6.42 Å². The van der Waals surface area contributed by atoms with Gasteiger partial charge in [-0.3, -0.25) is 4.79 Å². The van der Waals surface area contributed by atoms with Gasteiger partial charge < -0.3 is 9.52 Å². The Balaban J connectivity index is 2.13. The van der Waals surface area contributed by atoms with Gasteiger partial charge in [-0.25, -0.2) is 0 Å². The van der Waals surface area contributed by atoms with Crippen LogP contribution in [-0.4, -0.2) is 10.9 Å². The lowest BCUT2D eigenvalue weighted by molar-refractivity contribution is -0.124. The van der Waals surface area contributed by atoms with E-state index < -0.39 is 6.10 Å². The minimum absolute atomic E-state index is 0.156. The summed E-state index contributed by atoms with van der Waals surface area (Å²) in [6.07, 6.45) is 3.03. The summed E-state index contributed by atoms with van der Waals surface area (Å²) in [5.41, 5.74) is 0. The van der Waals surface area contributed by atoms with Gasteiger partial charge in [0.05, 0.1) is 12.2 Å². The average Bonchev–Trinajstić information content (AvgIpc) is 2.72. The van der Waals surface area contributed by atoms with Crippen LogP contribution in [0.2, 0.25) is 0 Å². The van der Waals surface area contributed by atoms with Crippen molar-refractivity contribution in [2.24, 2.45) is 5.92 Å². The van der Waals surface area contributed by atoms with Gasteiger partial charge in [0.1, 0.15) is 17.6 Å². The van der Waals surface area contributed by atoms with E-state index in [0.29, 0.717) is 12.2 Å². The quantitative estimate of drug-likeness (QED) is 0.753. The van der Waals surface area contributed by atoms with Crippen molar-refractivity contribution in [1.29, 1.82) is 0 Å². The number of ketones is 1. The van der Waals surface area contributed by atoms with Gasteiger partial charge in [-0.15, -0.1) is 0 Å². The van der Waals surface area contributed by atoms with Gasteiger partial charge in [0.2, 0.25) is 0 Å². The SMILES string of the molecule is O=C1CCCC1C(O)c1ccco1. The summed E-state index contributed by atoms with van der Waals surface area (Å²) in [4.78, 5) is 11.3. The largest absolute Gasteiger partial charge is 0.467 e. The number of hydrogen-bond donors (Lipinski definition) is 1. The third-order valence-electron chi connectivity index (χ3n) is 2.57. The van der Waals surface area contributed by atoms with Crippen LogP contribution >= 0.6 is 0 Å². The Morgan fingerprint density at radius 1 is 1.62 bits per heavy atom. The number of Topliss-reactive ketones (excluding diaryl/α,β-unsaturated/α-hetero) is 1. The molecule has 70 valence electrons. The lowest BCUT2D eigenvalue weighted by atomic mass is 9.98. The average molecular weight is 180 g/mol. The van der Waals surface area contributed by atoms with Crippen LogP contribution in [0, 0.1) is 5.92 Å². The molecule has 0 amide bonds. The fourth-order valence-electron chi connectivity index (χ4n) is 1.83. The van der Waals surface area contributed by atoms with E-state index >= 15 is 0 Å². The Hall–Kier alpha value is -1.09. The normalized spacial score (nSPS) is 25.0. The zero-order valence-corrected chi connectivity index (χ0v) is 7.27. The van der Waals surface area contributed by atoms with Crippen molar-refractivity contribution in [2.45, 2.75) is 25.4 Å². The van der Waals surface area contributed by atoms with Gasteiger partial charge >= 0.3 is 0 Å². The third-order valence-corrected chi connectivity index (χ3v) is 2.57. The van der Waals surface area contributed by atoms with E-state index in [1.165, 1.54) is 6.26 Å². The van der Waals surface area contributed by atoms with E-state index in [-0.39, 0.29) is 11.7 Å². The topological polar surface area (TPSA) is 50.4 Å². The van der Waals surface area contributed by atoms with Crippen LogP contribution in [0.1, 0.15) is 31.1 Å². The summed E-state index contributed by atoms with van der Waals surface area (Å²) in [6.45, 7) is 0. The summed E-state index contributed by atoms with van der Waals surface area (Å²) in [5.74, 6) is 0.412. The number of furan rings is 1. The predicted octanol–water partition coefficient (Wildman–Crippen LogP) is 1.68. The molecular formula is C10H12O3. The highest BCUT2D eigenvalue weighted by atomic mass is 16.4. The van der Waals surface area contributed by atoms with Crippen molar-refractivity contribution >= 4 is 5.78 Å². The van der Waals surface area contributed by atoms with Crippen molar-refractivity contribution in [3.05, 3.63) is 24.2 Å². The third kappa shape index (κ3) is 1.52. The van der Waals surface area contributed by atoms with E-state index in [1.54, 1.807) is 12.1 Å². The molecule has 2 rings (SSSR count). The summed E-state index contributed by atoms with van der Waals surface area (Å²) in [5, 5.41) is 9.76. The van der Waals surface area contributed by atoms with Crippen LogP contribution in [0.3, 0.4) is 0 Å². The van der Waals surface area contributed by atoms with Crippen molar-refractivity contribution < 1.29 is 14.3 Å². The second-order valence-electron chi connectivity index (χ2n) is 3.43. The first-order valence-electron chi connectivity index (χ1n) is 4.53. The summed E-state index contributed by atoms with van der Waals surface area (Å²) in [7, 11) is 0. The maximum Gasteiger partial charge on any atom is 0.139 e. The first kappa shape index (κ1) is 8.51. The molecule has 2 atom stereocenters. The molecule has 1 heterocycles. The molecule has 0 aromatic carbocycles. The van der Waals surface area contributed by atoms with Gasteiger partial charge in [-0.2, -0.15) is 0 Å². The Labute approximate surface area is 76.4 Å². The molecule has 0 aliphatic heterocycles. The number of aliphatic hydroxyl groups is 1. The zero-order valence-electron chi connectivity index (χ0n) is 7.27. The first-order chi connectivity index (χ1) is 6.29. The molecule has 1 aliphatic rings. The lowest BCUT2D eigenvalue weighted by Gasteiger charge is -2.13. The number of hydrogen-bond acceptors (Lipinski definition) is 3. The van der Waals surface area contributed by atoms with Crippen molar-refractivity contribution in [3.8, 4) is 0 Å². The molecule has 0 spiro atoms.